The second kappa shape index (κ2) is 5.61. The fraction of sp³-hybridized carbons (Fsp3) is 0.538. The fourth-order valence-corrected chi connectivity index (χ4v) is 2.15. The van der Waals surface area contributed by atoms with Gasteiger partial charge in [0.15, 0.2) is 0 Å². The van der Waals surface area contributed by atoms with Crippen LogP contribution in [0.25, 0.3) is 0 Å². The summed E-state index contributed by atoms with van der Waals surface area (Å²) in [6.45, 7) is 6.83. The van der Waals surface area contributed by atoms with Crippen LogP contribution in [0.15, 0.2) is 12.1 Å². The predicted molar refractivity (Wildman–Crippen MR) is 74.1 cm³/mol. The standard InChI is InChI=1S/C13H21ClN2O/c1-9-7-10(14)8-11(12(9)17-4)16-13(2,3)5-6-15/h7-8,16H,5-6,15H2,1-4H3. The van der Waals surface area contributed by atoms with E-state index in [4.69, 9.17) is 22.1 Å². The van der Waals surface area contributed by atoms with Crippen LogP contribution in [0.4, 0.5) is 5.69 Å². The Labute approximate surface area is 108 Å². The van der Waals surface area contributed by atoms with Crippen molar-refractivity contribution >= 4 is 17.3 Å². The van der Waals surface area contributed by atoms with Gasteiger partial charge in [-0.05, 0) is 51.4 Å². The molecule has 0 aliphatic carbocycles. The fourth-order valence-electron chi connectivity index (χ4n) is 1.88. The molecule has 3 nitrogen and oxygen atoms in total. The molecule has 0 saturated heterocycles. The molecular formula is C13H21ClN2O. The van der Waals surface area contributed by atoms with Gasteiger partial charge >= 0.3 is 0 Å². The van der Waals surface area contributed by atoms with Gasteiger partial charge in [-0.15, -0.1) is 0 Å². The number of halogens is 1. The first kappa shape index (κ1) is 14.1. The molecule has 0 heterocycles. The minimum atomic E-state index is -0.0842. The van der Waals surface area contributed by atoms with Gasteiger partial charge in [-0.3, -0.25) is 0 Å². The van der Waals surface area contributed by atoms with E-state index in [9.17, 15) is 0 Å². The third-order valence-corrected chi connectivity index (χ3v) is 2.90. The lowest BCUT2D eigenvalue weighted by molar-refractivity contribution is 0.410. The molecule has 0 radical (unpaired) electrons. The second-order valence-electron chi connectivity index (χ2n) is 4.85. The highest BCUT2D eigenvalue weighted by molar-refractivity contribution is 6.31. The molecule has 17 heavy (non-hydrogen) atoms. The summed E-state index contributed by atoms with van der Waals surface area (Å²) in [5, 5.41) is 4.13. The van der Waals surface area contributed by atoms with Crippen LogP contribution in [0.3, 0.4) is 0 Å². The number of methoxy groups -OCH3 is 1. The largest absolute Gasteiger partial charge is 0.494 e. The van der Waals surface area contributed by atoms with E-state index < -0.39 is 0 Å². The molecule has 1 rings (SSSR count). The van der Waals surface area contributed by atoms with Gasteiger partial charge in [0, 0.05) is 10.6 Å². The maximum Gasteiger partial charge on any atom is 0.144 e. The maximum atomic E-state index is 6.06. The number of hydrogen-bond donors (Lipinski definition) is 2. The summed E-state index contributed by atoms with van der Waals surface area (Å²) in [7, 11) is 1.66. The summed E-state index contributed by atoms with van der Waals surface area (Å²) in [6, 6.07) is 3.77. The van der Waals surface area contributed by atoms with Gasteiger partial charge in [0.05, 0.1) is 12.8 Å². The van der Waals surface area contributed by atoms with Gasteiger partial charge in [-0.1, -0.05) is 11.6 Å². The van der Waals surface area contributed by atoms with E-state index in [1.807, 2.05) is 19.1 Å². The van der Waals surface area contributed by atoms with Crippen molar-refractivity contribution in [2.24, 2.45) is 5.73 Å². The van der Waals surface area contributed by atoms with Crippen molar-refractivity contribution in [3.63, 3.8) is 0 Å². The molecular weight excluding hydrogens is 236 g/mol. The molecule has 0 spiro atoms. The van der Waals surface area contributed by atoms with Gasteiger partial charge in [0.2, 0.25) is 0 Å². The summed E-state index contributed by atoms with van der Waals surface area (Å²) >= 11 is 6.06. The SMILES string of the molecule is COc1c(C)cc(Cl)cc1NC(C)(C)CCN. The smallest absolute Gasteiger partial charge is 0.144 e. The van der Waals surface area contributed by atoms with Gasteiger partial charge in [0.1, 0.15) is 5.75 Å². The monoisotopic (exact) mass is 256 g/mol. The molecule has 3 N–H and O–H groups in total. The maximum absolute atomic E-state index is 6.06. The van der Waals surface area contributed by atoms with Crippen LogP contribution in [0.5, 0.6) is 5.75 Å². The molecule has 0 atom stereocenters. The average molecular weight is 257 g/mol. The van der Waals surface area contributed by atoms with E-state index in [-0.39, 0.29) is 5.54 Å². The summed E-state index contributed by atoms with van der Waals surface area (Å²) < 4.78 is 5.40. The summed E-state index contributed by atoms with van der Waals surface area (Å²) in [5.74, 6) is 0.833. The predicted octanol–water partition coefficient (Wildman–Crippen LogP) is 3.20. The van der Waals surface area contributed by atoms with Crippen molar-refractivity contribution in [3.8, 4) is 5.75 Å². The summed E-state index contributed by atoms with van der Waals surface area (Å²) in [5.41, 5.74) is 7.45. The lowest BCUT2D eigenvalue weighted by Gasteiger charge is -2.28. The van der Waals surface area contributed by atoms with E-state index in [2.05, 4.69) is 19.2 Å². The number of benzene rings is 1. The molecule has 0 amide bonds. The van der Waals surface area contributed by atoms with Crippen LogP contribution in [0.2, 0.25) is 5.02 Å². The Morgan fingerprint density at radius 2 is 2.06 bits per heavy atom. The Balaban J connectivity index is 3.04. The quantitative estimate of drug-likeness (QED) is 0.851. The zero-order valence-electron chi connectivity index (χ0n) is 10.9. The Morgan fingerprint density at radius 3 is 2.59 bits per heavy atom. The van der Waals surface area contributed by atoms with Crippen LogP contribution in [0.1, 0.15) is 25.8 Å². The summed E-state index contributed by atoms with van der Waals surface area (Å²) in [4.78, 5) is 0. The van der Waals surface area contributed by atoms with Crippen LogP contribution in [0, 0.1) is 6.92 Å². The average Bonchev–Trinajstić information content (AvgIpc) is 2.15. The molecule has 0 saturated carbocycles. The lowest BCUT2D eigenvalue weighted by atomic mass is 10.00. The Bertz CT molecular complexity index is 391. The van der Waals surface area contributed by atoms with Crippen molar-refractivity contribution in [1.29, 1.82) is 0 Å². The van der Waals surface area contributed by atoms with Crippen LogP contribution in [-0.2, 0) is 0 Å². The molecule has 1 aromatic rings. The first-order valence-electron chi connectivity index (χ1n) is 5.72. The van der Waals surface area contributed by atoms with Gasteiger partial charge in [-0.2, -0.15) is 0 Å². The third-order valence-electron chi connectivity index (χ3n) is 2.69. The number of nitrogens with one attached hydrogen (secondary N) is 1. The minimum absolute atomic E-state index is 0.0842. The van der Waals surface area contributed by atoms with E-state index in [0.29, 0.717) is 11.6 Å². The normalized spacial score (nSPS) is 11.4. The summed E-state index contributed by atoms with van der Waals surface area (Å²) in [6.07, 6.45) is 0.877. The highest BCUT2D eigenvalue weighted by Crippen LogP contribution is 2.34. The molecule has 0 aliphatic heterocycles. The first-order valence-corrected chi connectivity index (χ1v) is 6.10. The molecule has 1 aromatic carbocycles. The Morgan fingerprint density at radius 1 is 1.41 bits per heavy atom. The molecule has 0 aliphatic rings. The van der Waals surface area contributed by atoms with Crippen LogP contribution in [-0.4, -0.2) is 19.2 Å². The number of anilines is 1. The van der Waals surface area contributed by atoms with Crippen molar-refractivity contribution in [2.75, 3.05) is 19.0 Å². The molecule has 0 unspecified atom stereocenters. The second-order valence-corrected chi connectivity index (χ2v) is 5.29. The molecule has 0 bridgehead atoms. The number of aryl methyl sites for hydroxylation is 1. The van der Waals surface area contributed by atoms with Crippen molar-refractivity contribution < 1.29 is 4.74 Å². The highest BCUT2D eigenvalue weighted by atomic mass is 35.5. The zero-order chi connectivity index (χ0) is 13.1. The molecule has 96 valence electrons. The van der Waals surface area contributed by atoms with Gasteiger partial charge in [-0.25, -0.2) is 0 Å². The van der Waals surface area contributed by atoms with E-state index >= 15 is 0 Å². The molecule has 0 fully saturated rings. The molecule has 4 heteroatoms. The van der Waals surface area contributed by atoms with E-state index in [1.54, 1.807) is 7.11 Å². The topological polar surface area (TPSA) is 47.3 Å². The minimum Gasteiger partial charge on any atom is -0.494 e. The lowest BCUT2D eigenvalue weighted by Crippen LogP contribution is -2.33. The number of hydrogen-bond acceptors (Lipinski definition) is 3. The number of rotatable bonds is 5. The van der Waals surface area contributed by atoms with E-state index in [1.165, 1.54) is 0 Å². The Hall–Kier alpha value is -0.930. The van der Waals surface area contributed by atoms with E-state index in [0.717, 1.165) is 23.4 Å². The first-order chi connectivity index (χ1) is 7.89. The molecule has 0 aromatic heterocycles. The zero-order valence-corrected chi connectivity index (χ0v) is 11.7. The van der Waals surface area contributed by atoms with Crippen LogP contribution < -0.4 is 15.8 Å². The van der Waals surface area contributed by atoms with Gasteiger partial charge in [0.25, 0.3) is 0 Å². The number of nitrogens with two attached hydrogens (primary N) is 1. The highest BCUT2D eigenvalue weighted by Gasteiger charge is 2.19. The van der Waals surface area contributed by atoms with Crippen molar-refractivity contribution in [2.45, 2.75) is 32.7 Å². The van der Waals surface area contributed by atoms with Gasteiger partial charge < -0.3 is 15.8 Å². The van der Waals surface area contributed by atoms with Crippen LogP contribution >= 0.6 is 11.6 Å². The van der Waals surface area contributed by atoms with Crippen molar-refractivity contribution in [3.05, 3.63) is 22.7 Å². The number of ether oxygens (including phenoxy) is 1. The third kappa shape index (κ3) is 3.79. The van der Waals surface area contributed by atoms with Crippen molar-refractivity contribution in [1.82, 2.24) is 0 Å². The Kier molecular flexibility index (Phi) is 4.66.